The molecular formula is C30H22O9. The molecule has 39 heavy (non-hydrogen) atoms. The van der Waals surface area contributed by atoms with Crippen LogP contribution < -0.4 is 4.74 Å². The van der Waals surface area contributed by atoms with Gasteiger partial charge in [0, 0.05) is 23.8 Å². The van der Waals surface area contributed by atoms with Gasteiger partial charge in [-0.25, -0.2) is 0 Å². The molecule has 4 aromatic carbocycles. The third-order valence-electron chi connectivity index (χ3n) is 6.43. The Morgan fingerprint density at radius 3 is 2.13 bits per heavy atom. The van der Waals surface area contributed by atoms with Crippen LogP contribution in [0.25, 0.3) is 6.08 Å². The van der Waals surface area contributed by atoms with Gasteiger partial charge in [-0.3, -0.25) is 9.59 Å². The minimum atomic E-state index is -1.15. The van der Waals surface area contributed by atoms with Gasteiger partial charge in [-0.15, -0.1) is 0 Å². The number of aromatic hydroxyl groups is 6. The Bertz CT molecular complexity index is 1640. The zero-order valence-electron chi connectivity index (χ0n) is 20.1. The average molecular weight is 526 g/mol. The van der Waals surface area contributed by atoms with Crippen LogP contribution in [0.15, 0.2) is 78.9 Å². The number of phenolic OH excluding ortho intramolecular Hbond substituents is 6. The van der Waals surface area contributed by atoms with E-state index in [0.29, 0.717) is 11.1 Å². The van der Waals surface area contributed by atoms with Crippen LogP contribution in [0.4, 0.5) is 0 Å². The highest BCUT2D eigenvalue weighted by Crippen LogP contribution is 2.49. The van der Waals surface area contributed by atoms with E-state index in [9.17, 15) is 40.2 Å². The molecule has 1 heterocycles. The maximum Gasteiger partial charge on any atom is 0.189 e. The molecule has 0 unspecified atom stereocenters. The summed E-state index contributed by atoms with van der Waals surface area (Å²) in [7, 11) is 0. The summed E-state index contributed by atoms with van der Waals surface area (Å²) in [6.45, 7) is 0. The maximum absolute atomic E-state index is 13.8. The molecule has 196 valence electrons. The molecule has 0 bridgehead atoms. The van der Waals surface area contributed by atoms with Crippen LogP contribution in [0.1, 0.15) is 49.4 Å². The summed E-state index contributed by atoms with van der Waals surface area (Å²) < 4.78 is 6.08. The maximum atomic E-state index is 13.8. The highest BCUT2D eigenvalue weighted by molar-refractivity contribution is 6.09. The average Bonchev–Trinajstić information content (AvgIpc) is 2.88. The summed E-state index contributed by atoms with van der Waals surface area (Å²) in [6, 6.07) is 16.1. The summed E-state index contributed by atoms with van der Waals surface area (Å²) in [6.07, 6.45) is 1.63. The lowest BCUT2D eigenvalue weighted by Gasteiger charge is -2.34. The van der Waals surface area contributed by atoms with E-state index in [1.54, 1.807) is 12.1 Å². The number of phenols is 6. The quantitative estimate of drug-likeness (QED) is 0.156. The Balaban J connectivity index is 1.57. The van der Waals surface area contributed by atoms with Crippen molar-refractivity contribution in [3.05, 3.63) is 107 Å². The second-order valence-corrected chi connectivity index (χ2v) is 9.03. The molecule has 1 aliphatic rings. The lowest BCUT2D eigenvalue weighted by atomic mass is 9.80. The van der Waals surface area contributed by atoms with Gasteiger partial charge in [0.2, 0.25) is 0 Å². The third kappa shape index (κ3) is 4.80. The van der Waals surface area contributed by atoms with Crippen molar-refractivity contribution in [2.24, 2.45) is 0 Å². The molecule has 1 aliphatic heterocycles. The van der Waals surface area contributed by atoms with Crippen molar-refractivity contribution in [3.8, 4) is 40.2 Å². The Hall–Kier alpha value is -5.44. The molecule has 0 aliphatic carbocycles. The molecule has 9 nitrogen and oxygen atoms in total. The van der Waals surface area contributed by atoms with E-state index in [0.717, 1.165) is 12.1 Å². The fraction of sp³-hybridized carbons (Fsp3) is 0.0667. The van der Waals surface area contributed by atoms with Crippen molar-refractivity contribution in [2.45, 2.75) is 12.0 Å². The zero-order valence-corrected chi connectivity index (χ0v) is 20.1. The van der Waals surface area contributed by atoms with Crippen molar-refractivity contribution in [1.29, 1.82) is 0 Å². The van der Waals surface area contributed by atoms with Crippen molar-refractivity contribution < 1.29 is 45.0 Å². The summed E-state index contributed by atoms with van der Waals surface area (Å²) in [5.41, 5.74) is 0.886. The van der Waals surface area contributed by atoms with Crippen LogP contribution in [-0.2, 0) is 0 Å². The number of hydrogen-bond acceptors (Lipinski definition) is 9. The number of fused-ring (bicyclic) bond motifs is 1. The minimum Gasteiger partial charge on any atom is -0.508 e. The van der Waals surface area contributed by atoms with Crippen LogP contribution in [0.5, 0.6) is 40.2 Å². The van der Waals surface area contributed by atoms with Gasteiger partial charge in [-0.1, -0.05) is 24.3 Å². The van der Waals surface area contributed by atoms with E-state index in [1.165, 1.54) is 60.7 Å². The van der Waals surface area contributed by atoms with E-state index < -0.39 is 29.3 Å². The predicted molar refractivity (Wildman–Crippen MR) is 140 cm³/mol. The van der Waals surface area contributed by atoms with Gasteiger partial charge < -0.3 is 35.4 Å². The molecule has 4 aromatic rings. The molecule has 0 amide bonds. The smallest absolute Gasteiger partial charge is 0.189 e. The normalized spacial score (nSPS) is 16.6. The zero-order chi connectivity index (χ0) is 27.8. The predicted octanol–water partition coefficient (Wildman–Crippen LogP) is 4.92. The SMILES string of the molecule is O=C(/C=C/c1ccc(O)c([C@H]2C(=O)c3c(O)cc(O)cc3O[C@@H]2c2ccc(O)cc2)c1)c1ccc(O)cc1O. The summed E-state index contributed by atoms with van der Waals surface area (Å²) in [4.78, 5) is 26.4. The van der Waals surface area contributed by atoms with Gasteiger partial charge in [0.1, 0.15) is 51.9 Å². The third-order valence-corrected chi connectivity index (χ3v) is 6.43. The minimum absolute atomic E-state index is 0.00700. The molecule has 2 atom stereocenters. The number of rotatable bonds is 5. The second kappa shape index (κ2) is 9.79. The van der Waals surface area contributed by atoms with E-state index in [2.05, 4.69) is 0 Å². The van der Waals surface area contributed by atoms with E-state index in [1.807, 2.05) is 0 Å². The van der Waals surface area contributed by atoms with E-state index in [4.69, 9.17) is 4.74 Å². The van der Waals surface area contributed by atoms with Crippen LogP contribution in [0.2, 0.25) is 0 Å². The van der Waals surface area contributed by atoms with Crippen LogP contribution in [0, 0.1) is 0 Å². The number of benzene rings is 4. The van der Waals surface area contributed by atoms with Gasteiger partial charge in [0.25, 0.3) is 0 Å². The fourth-order valence-corrected chi connectivity index (χ4v) is 4.57. The molecule has 0 spiro atoms. The van der Waals surface area contributed by atoms with E-state index in [-0.39, 0.29) is 51.2 Å². The van der Waals surface area contributed by atoms with Crippen molar-refractivity contribution in [3.63, 3.8) is 0 Å². The highest BCUT2D eigenvalue weighted by atomic mass is 16.5. The second-order valence-electron chi connectivity index (χ2n) is 9.03. The van der Waals surface area contributed by atoms with Gasteiger partial charge in [0.15, 0.2) is 11.6 Å². The Kier molecular flexibility index (Phi) is 6.33. The first-order chi connectivity index (χ1) is 18.6. The fourth-order valence-electron chi connectivity index (χ4n) is 4.57. The summed E-state index contributed by atoms with van der Waals surface area (Å²) in [5.74, 6) is -3.92. The molecular weight excluding hydrogens is 504 g/mol. The number of carbonyl (C=O) groups is 2. The first-order valence-electron chi connectivity index (χ1n) is 11.8. The molecule has 0 aromatic heterocycles. The molecule has 0 radical (unpaired) electrons. The number of hydrogen-bond donors (Lipinski definition) is 6. The number of carbonyl (C=O) groups excluding carboxylic acids is 2. The lowest BCUT2D eigenvalue weighted by Crippen LogP contribution is -2.30. The van der Waals surface area contributed by atoms with Gasteiger partial charge in [-0.05, 0) is 53.6 Å². The Labute approximate surface area is 221 Å². The van der Waals surface area contributed by atoms with Crippen LogP contribution >= 0.6 is 0 Å². The lowest BCUT2D eigenvalue weighted by molar-refractivity contribution is 0.0772. The molecule has 0 saturated carbocycles. The van der Waals surface area contributed by atoms with Crippen LogP contribution in [-0.4, -0.2) is 42.2 Å². The van der Waals surface area contributed by atoms with Gasteiger partial charge in [-0.2, -0.15) is 0 Å². The van der Waals surface area contributed by atoms with Gasteiger partial charge in [0.05, 0.1) is 11.5 Å². The number of ketones is 2. The van der Waals surface area contributed by atoms with Crippen molar-refractivity contribution in [2.75, 3.05) is 0 Å². The molecule has 0 fully saturated rings. The number of allylic oxidation sites excluding steroid dienone is 1. The number of Topliss-reactive ketones (excluding diaryl/α,β-unsaturated/α-hetero) is 1. The largest absolute Gasteiger partial charge is 0.508 e. The highest BCUT2D eigenvalue weighted by Gasteiger charge is 2.42. The van der Waals surface area contributed by atoms with E-state index >= 15 is 0 Å². The molecule has 0 saturated heterocycles. The standard InChI is InChI=1S/C30H22O9/c31-17-5-3-16(4-6-17)30-27(29(38)28-25(37)13-19(33)14-26(28)39-30)21-11-15(2-10-23(21)35)1-9-22(34)20-8-7-18(32)12-24(20)36/h1-14,27,30-33,35-37H/b9-1+/t27-,30+/m0/s1. The van der Waals surface area contributed by atoms with Crippen LogP contribution in [0.3, 0.4) is 0 Å². The Morgan fingerprint density at radius 2 is 1.41 bits per heavy atom. The topological polar surface area (TPSA) is 165 Å². The Morgan fingerprint density at radius 1 is 0.718 bits per heavy atom. The molecule has 9 heteroatoms. The molecule has 5 rings (SSSR count). The summed E-state index contributed by atoms with van der Waals surface area (Å²) >= 11 is 0. The first-order valence-corrected chi connectivity index (χ1v) is 11.8. The van der Waals surface area contributed by atoms with Gasteiger partial charge >= 0.3 is 0 Å². The number of ether oxygens (including phenoxy) is 1. The van der Waals surface area contributed by atoms with Crippen molar-refractivity contribution in [1.82, 2.24) is 0 Å². The molecule has 6 N–H and O–H groups in total. The monoisotopic (exact) mass is 526 g/mol. The summed E-state index contributed by atoms with van der Waals surface area (Å²) in [5, 5.41) is 60.3. The first kappa shape index (κ1) is 25.2. The van der Waals surface area contributed by atoms with Crippen molar-refractivity contribution >= 4 is 17.6 Å².